The third-order valence-corrected chi connectivity index (χ3v) is 3.49. The zero-order chi connectivity index (χ0) is 15.8. The molecule has 1 aromatic carbocycles. The minimum absolute atomic E-state index is 0.232. The molecule has 0 bridgehead atoms. The van der Waals surface area contributed by atoms with Crippen molar-refractivity contribution < 1.29 is 27.9 Å². The third-order valence-electron chi connectivity index (χ3n) is 3.49. The lowest BCUT2D eigenvalue weighted by Crippen LogP contribution is -2.27. The number of carboxylic acids is 1. The van der Waals surface area contributed by atoms with E-state index < -0.39 is 35.1 Å². The molecule has 0 aliphatic carbocycles. The van der Waals surface area contributed by atoms with Crippen LogP contribution in [0.4, 0.5) is 18.9 Å². The average Bonchev–Trinajstić information content (AvgIpc) is 2.86. The zero-order valence-corrected chi connectivity index (χ0v) is 10.9. The highest BCUT2D eigenvalue weighted by Crippen LogP contribution is 2.35. The van der Waals surface area contributed by atoms with Crippen LogP contribution in [0.1, 0.15) is 22.3 Å². The molecule has 1 amide bonds. The van der Waals surface area contributed by atoms with E-state index in [0.29, 0.717) is 13.0 Å². The second kappa shape index (κ2) is 5.27. The molecule has 1 aliphatic rings. The number of nitrogens with zero attached hydrogens (tertiary/aromatic N) is 1. The number of hydrogen-bond acceptors (Lipinski definition) is 3. The normalized spacial score (nSPS) is 18.8. The highest BCUT2D eigenvalue weighted by Gasteiger charge is 2.36. The quantitative estimate of drug-likeness (QED) is 0.890. The second-order valence-corrected chi connectivity index (χ2v) is 4.87. The standard InChI is InChI=1S/C13H13F3N2O3/c14-13(15,16)10-5-8(1-2-9(10)12(20)21)18-4-3-7(6-18)11(17)19/h1-2,5,7H,3-4,6H2,(H2,17,19)(H,20,21). The highest BCUT2D eigenvalue weighted by atomic mass is 19.4. The summed E-state index contributed by atoms with van der Waals surface area (Å²) in [6.45, 7) is 0.635. The first kappa shape index (κ1) is 15.1. The van der Waals surface area contributed by atoms with Crippen LogP contribution in [-0.2, 0) is 11.0 Å². The fraction of sp³-hybridized carbons (Fsp3) is 0.385. The van der Waals surface area contributed by atoms with Gasteiger partial charge in [-0.1, -0.05) is 0 Å². The number of carbonyl (C=O) groups excluding carboxylic acids is 1. The van der Waals surface area contributed by atoms with E-state index in [-0.39, 0.29) is 12.2 Å². The van der Waals surface area contributed by atoms with E-state index in [9.17, 15) is 22.8 Å². The lowest BCUT2D eigenvalue weighted by atomic mass is 10.1. The molecule has 1 aliphatic heterocycles. The lowest BCUT2D eigenvalue weighted by molar-refractivity contribution is -0.138. The Bertz CT molecular complexity index is 587. The van der Waals surface area contributed by atoms with Crippen LogP contribution in [0.15, 0.2) is 18.2 Å². The Kier molecular flexibility index (Phi) is 3.80. The minimum atomic E-state index is -4.76. The van der Waals surface area contributed by atoms with Gasteiger partial charge in [-0.15, -0.1) is 0 Å². The van der Waals surface area contributed by atoms with E-state index in [0.717, 1.165) is 12.1 Å². The van der Waals surface area contributed by atoms with Gasteiger partial charge in [0.25, 0.3) is 0 Å². The van der Waals surface area contributed by atoms with Crippen molar-refractivity contribution in [3.63, 3.8) is 0 Å². The van der Waals surface area contributed by atoms with Crippen LogP contribution in [-0.4, -0.2) is 30.1 Å². The maximum Gasteiger partial charge on any atom is 0.417 e. The number of aromatic carboxylic acids is 1. The molecule has 114 valence electrons. The summed E-state index contributed by atoms with van der Waals surface area (Å²) in [5.41, 5.74) is 3.42. The van der Waals surface area contributed by atoms with Crippen LogP contribution < -0.4 is 10.6 Å². The maximum absolute atomic E-state index is 12.9. The summed E-state index contributed by atoms with van der Waals surface area (Å²) in [6.07, 6.45) is -4.29. The molecule has 1 unspecified atom stereocenters. The number of halogens is 3. The molecule has 0 aromatic heterocycles. The molecule has 8 heteroatoms. The van der Waals surface area contributed by atoms with Crippen LogP contribution in [0.3, 0.4) is 0 Å². The fourth-order valence-corrected chi connectivity index (χ4v) is 2.38. The van der Waals surface area contributed by atoms with Crippen molar-refractivity contribution in [1.29, 1.82) is 0 Å². The third kappa shape index (κ3) is 3.09. The summed E-state index contributed by atoms with van der Waals surface area (Å²) in [7, 11) is 0. The number of anilines is 1. The Morgan fingerprint density at radius 2 is 2.00 bits per heavy atom. The van der Waals surface area contributed by atoms with Gasteiger partial charge in [-0.2, -0.15) is 13.2 Å². The molecular formula is C13H13F3N2O3. The summed E-state index contributed by atoms with van der Waals surface area (Å²) < 4.78 is 38.8. The van der Waals surface area contributed by atoms with Crippen LogP contribution >= 0.6 is 0 Å². The van der Waals surface area contributed by atoms with Gasteiger partial charge in [0.1, 0.15) is 0 Å². The SMILES string of the molecule is NC(=O)C1CCN(c2ccc(C(=O)O)c(C(F)(F)F)c2)C1. The Hall–Kier alpha value is -2.25. The summed E-state index contributed by atoms with van der Waals surface area (Å²) in [6, 6.07) is 3.03. The molecule has 3 N–H and O–H groups in total. The van der Waals surface area contributed by atoms with Gasteiger partial charge in [-0.25, -0.2) is 4.79 Å². The molecule has 1 aromatic rings. The molecule has 0 saturated carbocycles. The van der Waals surface area contributed by atoms with Crippen LogP contribution in [0.2, 0.25) is 0 Å². The van der Waals surface area contributed by atoms with Crippen molar-refractivity contribution in [3.05, 3.63) is 29.3 Å². The molecule has 1 atom stereocenters. The summed E-state index contributed by atoms with van der Waals surface area (Å²) in [4.78, 5) is 23.5. The topological polar surface area (TPSA) is 83.6 Å². The minimum Gasteiger partial charge on any atom is -0.478 e. The van der Waals surface area contributed by atoms with Crippen molar-refractivity contribution in [3.8, 4) is 0 Å². The Balaban J connectivity index is 2.35. The number of alkyl halides is 3. The van der Waals surface area contributed by atoms with Gasteiger partial charge in [0.2, 0.25) is 5.91 Å². The Labute approximate surface area is 118 Å². The molecule has 1 saturated heterocycles. The van der Waals surface area contributed by atoms with Gasteiger partial charge in [-0.3, -0.25) is 4.79 Å². The highest BCUT2D eigenvalue weighted by molar-refractivity contribution is 5.90. The number of carbonyl (C=O) groups is 2. The van der Waals surface area contributed by atoms with Crippen molar-refractivity contribution in [2.75, 3.05) is 18.0 Å². The lowest BCUT2D eigenvalue weighted by Gasteiger charge is -2.20. The molecule has 0 spiro atoms. The van der Waals surface area contributed by atoms with Gasteiger partial charge in [0, 0.05) is 18.8 Å². The number of rotatable bonds is 3. The maximum atomic E-state index is 12.9. The van der Waals surface area contributed by atoms with E-state index in [4.69, 9.17) is 10.8 Å². The average molecular weight is 302 g/mol. The summed E-state index contributed by atoms with van der Waals surface area (Å²) >= 11 is 0. The number of nitrogens with two attached hydrogens (primary N) is 1. The van der Waals surface area contributed by atoms with Gasteiger partial charge < -0.3 is 15.7 Å². The summed E-state index contributed by atoms with van der Waals surface area (Å²) in [5.74, 6) is -2.53. The first-order valence-electron chi connectivity index (χ1n) is 6.19. The predicted molar refractivity (Wildman–Crippen MR) is 67.9 cm³/mol. The van der Waals surface area contributed by atoms with E-state index in [1.165, 1.54) is 6.07 Å². The number of amides is 1. The Morgan fingerprint density at radius 3 is 2.48 bits per heavy atom. The van der Waals surface area contributed by atoms with E-state index >= 15 is 0 Å². The molecule has 1 fully saturated rings. The van der Waals surface area contributed by atoms with Crippen LogP contribution in [0.25, 0.3) is 0 Å². The van der Waals surface area contributed by atoms with E-state index in [2.05, 4.69) is 0 Å². The number of carboxylic acid groups (broad SMARTS) is 1. The van der Waals surface area contributed by atoms with Crippen LogP contribution in [0.5, 0.6) is 0 Å². The van der Waals surface area contributed by atoms with Crippen molar-refractivity contribution >= 4 is 17.6 Å². The molecule has 2 rings (SSSR count). The smallest absolute Gasteiger partial charge is 0.417 e. The Morgan fingerprint density at radius 1 is 1.33 bits per heavy atom. The largest absolute Gasteiger partial charge is 0.478 e. The van der Waals surface area contributed by atoms with Gasteiger partial charge in [0.05, 0.1) is 17.0 Å². The monoisotopic (exact) mass is 302 g/mol. The van der Waals surface area contributed by atoms with E-state index in [1.807, 2.05) is 0 Å². The molecule has 0 radical (unpaired) electrons. The van der Waals surface area contributed by atoms with Crippen molar-refractivity contribution in [2.45, 2.75) is 12.6 Å². The summed E-state index contributed by atoms with van der Waals surface area (Å²) in [5, 5.41) is 8.83. The number of benzene rings is 1. The number of hydrogen-bond donors (Lipinski definition) is 2. The molecule has 5 nitrogen and oxygen atoms in total. The molecule has 1 heterocycles. The number of primary amides is 1. The van der Waals surface area contributed by atoms with Crippen molar-refractivity contribution in [2.24, 2.45) is 11.7 Å². The van der Waals surface area contributed by atoms with E-state index in [1.54, 1.807) is 4.90 Å². The first-order valence-corrected chi connectivity index (χ1v) is 6.19. The first-order chi connectivity index (χ1) is 9.70. The second-order valence-electron chi connectivity index (χ2n) is 4.87. The van der Waals surface area contributed by atoms with Gasteiger partial charge in [0.15, 0.2) is 0 Å². The van der Waals surface area contributed by atoms with Crippen LogP contribution in [0, 0.1) is 5.92 Å². The van der Waals surface area contributed by atoms with Crippen molar-refractivity contribution in [1.82, 2.24) is 0 Å². The van der Waals surface area contributed by atoms with Gasteiger partial charge >= 0.3 is 12.1 Å². The van der Waals surface area contributed by atoms with Gasteiger partial charge in [-0.05, 0) is 24.6 Å². The predicted octanol–water partition coefficient (Wildman–Crippen LogP) is 1.72. The fourth-order valence-electron chi connectivity index (χ4n) is 2.38. The molecular weight excluding hydrogens is 289 g/mol. The zero-order valence-electron chi connectivity index (χ0n) is 10.9. The molecule has 21 heavy (non-hydrogen) atoms.